The Hall–Kier alpha value is -3.98. The molecular formula is C27H21F7N6OS. The van der Waals surface area contributed by atoms with Gasteiger partial charge in [-0.2, -0.15) is 31.4 Å². The molecule has 0 aliphatic carbocycles. The fourth-order valence-corrected chi connectivity index (χ4v) is 4.84. The number of hydrogen-bond acceptors (Lipinski definition) is 7. The van der Waals surface area contributed by atoms with Crippen LogP contribution in [0.2, 0.25) is 0 Å². The Kier molecular flexibility index (Phi) is 8.23. The summed E-state index contributed by atoms with van der Waals surface area (Å²) >= 11 is 5.45. The van der Waals surface area contributed by atoms with Crippen LogP contribution in [0.25, 0.3) is 11.6 Å². The van der Waals surface area contributed by atoms with E-state index in [1.807, 2.05) is 6.07 Å². The van der Waals surface area contributed by atoms with Crippen LogP contribution in [-0.2, 0) is 25.3 Å². The molecule has 2 aromatic carbocycles. The van der Waals surface area contributed by atoms with Gasteiger partial charge < -0.3 is 14.6 Å². The van der Waals surface area contributed by atoms with Gasteiger partial charge in [-0.25, -0.2) is 4.39 Å². The molecule has 1 atom stereocenters. The molecule has 1 saturated heterocycles. The van der Waals surface area contributed by atoms with Crippen molar-refractivity contribution in [1.82, 2.24) is 25.7 Å². The van der Waals surface area contributed by atoms with Crippen molar-refractivity contribution >= 4 is 22.9 Å². The normalized spacial score (nSPS) is 15.6. The summed E-state index contributed by atoms with van der Waals surface area (Å²) in [6.07, 6.45) is -9.65. The van der Waals surface area contributed by atoms with E-state index in [-0.39, 0.29) is 41.0 Å². The molecule has 0 radical (unpaired) electrons. The average molecular weight is 611 g/mol. The molecule has 1 aliphatic rings. The first kappa shape index (κ1) is 29.5. The van der Waals surface area contributed by atoms with Crippen LogP contribution in [0, 0.1) is 5.82 Å². The van der Waals surface area contributed by atoms with Crippen molar-refractivity contribution in [1.29, 1.82) is 0 Å². The maximum atomic E-state index is 13.7. The molecule has 5 rings (SSSR count). The summed E-state index contributed by atoms with van der Waals surface area (Å²) in [6.45, 7) is 1.47. The lowest BCUT2D eigenvalue weighted by atomic mass is 10.00. The van der Waals surface area contributed by atoms with Crippen molar-refractivity contribution in [2.24, 2.45) is 0 Å². The van der Waals surface area contributed by atoms with Gasteiger partial charge in [0, 0.05) is 24.6 Å². The minimum atomic E-state index is -5.07. The molecule has 3 heterocycles. The van der Waals surface area contributed by atoms with Gasteiger partial charge in [0.2, 0.25) is 5.89 Å². The second kappa shape index (κ2) is 11.7. The van der Waals surface area contributed by atoms with Gasteiger partial charge in [-0.15, -0.1) is 15.3 Å². The first-order valence-electron chi connectivity index (χ1n) is 12.6. The number of benzene rings is 2. The lowest BCUT2D eigenvalue weighted by Crippen LogP contribution is -2.31. The topological polar surface area (TPSA) is 80.0 Å². The minimum Gasteiger partial charge on any atom is -0.417 e. The molecule has 1 aliphatic heterocycles. The molecule has 0 bridgehead atoms. The molecule has 0 saturated carbocycles. The second-order valence-electron chi connectivity index (χ2n) is 9.53. The van der Waals surface area contributed by atoms with E-state index >= 15 is 0 Å². The largest absolute Gasteiger partial charge is 0.417 e. The number of aromatic nitrogens is 4. The number of halogens is 7. The van der Waals surface area contributed by atoms with Gasteiger partial charge in [0.1, 0.15) is 18.1 Å². The molecule has 2 aromatic heterocycles. The van der Waals surface area contributed by atoms with Gasteiger partial charge in [0.15, 0.2) is 0 Å². The Morgan fingerprint density at radius 2 is 1.69 bits per heavy atom. The Balaban J connectivity index is 1.40. The van der Waals surface area contributed by atoms with Gasteiger partial charge in [-0.05, 0) is 67.1 Å². The van der Waals surface area contributed by atoms with E-state index in [9.17, 15) is 30.7 Å². The van der Waals surface area contributed by atoms with Crippen LogP contribution in [0.15, 0.2) is 59.0 Å². The van der Waals surface area contributed by atoms with Crippen LogP contribution < -0.4 is 10.2 Å². The highest BCUT2D eigenvalue weighted by Gasteiger charge is 2.38. The van der Waals surface area contributed by atoms with Crippen LogP contribution in [0.5, 0.6) is 0 Å². The highest BCUT2D eigenvalue weighted by molar-refractivity contribution is 7.80. The molecule has 4 aromatic rings. The fourth-order valence-electron chi connectivity index (χ4n) is 4.51. The van der Waals surface area contributed by atoms with Crippen molar-refractivity contribution in [2.45, 2.75) is 37.7 Å². The number of anilines is 1. The molecule has 1 N–H and O–H groups in total. The Labute approximate surface area is 239 Å². The van der Waals surface area contributed by atoms with Crippen molar-refractivity contribution in [3.05, 3.63) is 88.7 Å². The standard InChI is InChI=1S/C27H21F7N6OS/c28-18-3-5-19(6-4-18)40(24(42)11-15-1-2-17(26(29,30)31)12-20(15)27(32,33)34)14-23-38-39-25(41-23)22-8-7-21(36-37-22)16-9-10-35-13-16/h1-8,12,16,35H,9-11,13-14H2. The summed E-state index contributed by atoms with van der Waals surface area (Å²) in [4.78, 5) is 1.23. The fraction of sp³-hybridized carbons (Fsp3) is 0.296. The van der Waals surface area contributed by atoms with Crippen molar-refractivity contribution in [3.63, 3.8) is 0 Å². The average Bonchev–Trinajstić information content (AvgIpc) is 3.64. The maximum Gasteiger partial charge on any atom is 0.416 e. The molecule has 42 heavy (non-hydrogen) atoms. The highest BCUT2D eigenvalue weighted by atomic mass is 32.1. The number of nitrogens with zero attached hydrogens (tertiary/aromatic N) is 5. The quantitative estimate of drug-likeness (QED) is 0.192. The van der Waals surface area contributed by atoms with Crippen molar-refractivity contribution in [3.8, 4) is 11.6 Å². The van der Waals surface area contributed by atoms with Crippen molar-refractivity contribution < 1.29 is 35.2 Å². The summed E-state index contributed by atoms with van der Waals surface area (Å²) in [5.41, 5.74) is -1.96. The van der Waals surface area contributed by atoms with E-state index < -0.39 is 41.3 Å². The number of thiocarbonyl (C=S) groups is 1. The third kappa shape index (κ3) is 6.73. The van der Waals surface area contributed by atoms with Crippen LogP contribution in [0.4, 0.5) is 36.4 Å². The van der Waals surface area contributed by atoms with Gasteiger partial charge >= 0.3 is 12.4 Å². The first-order valence-corrected chi connectivity index (χ1v) is 13.0. The Morgan fingerprint density at radius 1 is 0.929 bits per heavy atom. The van der Waals surface area contributed by atoms with Gasteiger partial charge in [-0.3, -0.25) is 0 Å². The zero-order valence-corrected chi connectivity index (χ0v) is 22.3. The van der Waals surface area contributed by atoms with E-state index in [0.717, 1.165) is 43.4 Å². The highest BCUT2D eigenvalue weighted by Crippen LogP contribution is 2.38. The van der Waals surface area contributed by atoms with E-state index in [4.69, 9.17) is 16.6 Å². The smallest absolute Gasteiger partial charge is 0.416 e. The van der Waals surface area contributed by atoms with Crippen molar-refractivity contribution in [2.75, 3.05) is 18.0 Å². The number of nitrogens with one attached hydrogen (secondary N) is 1. The zero-order chi connectivity index (χ0) is 30.1. The third-order valence-electron chi connectivity index (χ3n) is 6.67. The van der Waals surface area contributed by atoms with Gasteiger partial charge in [0.25, 0.3) is 5.89 Å². The zero-order valence-electron chi connectivity index (χ0n) is 21.5. The van der Waals surface area contributed by atoms with Gasteiger partial charge in [-0.1, -0.05) is 18.3 Å². The Morgan fingerprint density at radius 3 is 2.31 bits per heavy atom. The molecular weight excluding hydrogens is 589 g/mol. The number of rotatable bonds is 7. The summed E-state index contributed by atoms with van der Waals surface area (Å²) in [6, 6.07) is 9.80. The summed E-state index contributed by atoms with van der Waals surface area (Å²) in [5.74, 6) is -0.272. The maximum absolute atomic E-state index is 13.7. The second-order valence-corrected chi connectivity index (χ2v) is 10.0. The van der Waals surface area contributed by atoms with Gasteiger partial charge in [0.05, 0.1) is 21.8 Å². The number of hydrogen-bond donors (Lipinski definition) is 1. The summed E-state index contributed by atoms with van der Waals surface area (Å²) in [7, 11) is 0. The Bertz CT molecular complexity index is 1550. The van der Waals surface area contributed by atoms with E-state index in [1.54, 1.807) is 6.07 Å². The predicted molar refractivity (Wildman–Crippen MR) is 141 cm³/mol. The lowest BCUT2D eigenvalue weighted by molar-refractivity contribution is -0.143. The summed E-state index contributed by atoms with van der Waals surface area (Å²) in [5, 5.41) is 19.6. The van der Waals surface area contributed by atoms with E-state index in [0.29, 0.717) is 11.8 Å². The van der Waals surface area contributed by atoms with Crippen LogP contribution >= 0.6 is 12.2 Å². The minimum absolute atomic E-state index is 0.00556. The SMILES string of the molecule is Fc1ccc(N(Cc2nnc(-c3ccc(C4CCNC4)nn3)o2)C(=S)Cc2ccc(C(F)(F)F)cc2C(F)(F)F)cc1. The number of alkyl halides is 6. The molecule has 15 heteroatoms. The molecule has 0 amide bonds. The monoisotopic (exact) mass is 610 g/mol. The first-order chi connectivity index (χ1) is 19.9. The van der Waals surface area contributed by atoms with Crippen LogP contribution in [0.1, 0.15) is 40.6 Å². The molecule has 7 nitrogen and oxygen atoms in total. The lowest BCUT2D eigenvalue weighted by Gasteiger charge is -2.25. The van der Waals surface area contributed by atoms with Crippen LogP contribution in [0.3, 0.4) is 0 Å². The molecule has 1 unspecified atom stereocenters. The molecule has 220 valence electrons. The molecule has 1 fully saturated rings. The van der Waals surface area contributed by atoms with E-state index in [2.05, 4.69) is 25.7 Å². The predicted octanol–water partition coefficient (Wildman–Crippen LogP) is 6.36. The van der Waals surface area contributed by atoms with E-state index in [1.165, 1.54) is 17.0 Å². The summed E-state index contributed by atoms with van der Waals surface area (Å²) < 4.78 is 100.0. The van der Waals surface area contributed by atoms with Crippen LogP contribution in [-0.4, -0.2) is 38.5 Å². The molecule has 0 spiro atoms. The third-order valence-corrected chi connectivity index (χ3v) is 7.03.